The van der Waals surface area contributed by atoms with Crippen molar-refractivity contribution in [2.45, 2.75) is 26.1 Å². The van der Waals surface area contributed by atoms with E-state index in [4.69, 9.17) is 21.3 Å². The van der Waals surface area contributed by atoms with Crippen LogP contribution in [0.25, 0.3) is 0 Å². The summed E-state index contributed by atoms with van der Waals surface area (Å²) in [4.78, 5) is 21.4. The molecule has 1 N–H and O–H groups in total. The van der Waals surface area contributed by atoms with Crippen LogP contribution in [0.2, 0.25) is 5.02 Å². The Morgan fingerprint density at radius 2 is 1.90 bits per heavy atom. The number of carbonyl (C=O) groups is 1. The molecule has 0 aromatic heterocycles. The van der Waals surface area contributed by atoms with Crippen molar-refractivity contribution in [3.05, 3.63) is 64.2 Å². The van der Waals surface area contributed by atoms with E-state index in [1.165, 1.54) is 44.4 Å². The van der Waals surface area contributed by atoms with Gasteiger partial charge >= 0.3 is 12.3 Å². The summed E-state index contributed by atoms with van der Waals surface area (Å²) in [5.74, 6) is 0.125. The van der Waals surface area contributed by atoms with E-state index in [-0.39, 0.29) is 16.3 Å². The Morgan fingerprint density at radius 3 is 2.55 bits per heavy atom. The van der Waals surface area contributed by atoms with Crippen molar-refractivity contribution in [3.8, 4) is 5.75 Å². The highest BCUT2D eigenvalue weighted by molar-refractivity contribution is 6.32. The number of amides is 1. The third-order valence-electron chi connectivity index (χ3n) is 3.83. The lowest BCUT2D eigenvalue weighted by Gasteiger charge is -2.17. The number of nitrogens with one attached hydrogen (secondary N) is 1. The molecule has 2 rings (SSSR count). The SMILES string of the molecule is COC(=O)NOc1cc(C(C)=NOC(C)c2ccccc2C(F)(F)F)ccc1Cl. The van der Waals surface area contributed by atoms with Crippen LogP contribution >= 0.6 is 11.6 Å². The Hall–Kier alpha value is -2.94. The molecule has 1 unspecified atom stereocenters. The third kappa shape index (κ3) is 6.02. The van der Waals surface area contributed by atoms with Gasteiger partial charge < -0.3 is 14.4 Å². The van der Waals surface area contributed by atoms with Gasteiger partial charge in [0, 0.05) is 11.1 Å². The van der Waals surface area contributed by atoms with E-state index < -0.39 is 23.9 Å². The molecule has 0 radical (unpaired) electrons. The van der Waals surface area contributed by atoms with Gasteiger partial charge in [-0.05, 0) is 32.0 Å². The molecule has 29 heavy (non-hydrogen) atoms. The largest absolute Gasteiger partial charge is 0.451 e. The number of benzene rings is 2. The van der Waals surface area contributed by atoms with Crippen LogP contribution in [0, 0.1) is 0 Å². The number of halogens is 4. The fourth-order valence-corrected chi connectivity index (χ4v) is 2.48. The topological polar surface area (TPSA) is 69.2 Å². The Morgan fingerprint density at radius 1 is 1.21 bits per heavy atom. The van der Waals surface area contributed by atoms with Crippen LogP contribution in [0.15, 0.2) is 47.6 Å². The normalized spacial score (nSPS) is 12.9. The molecule has 0 bridgehead atoms. The minimum absolute atomic E-state index is 0.0287. The van der Waals surface area contributed by atoms with Gasteiger partial charge in [-0.2, -0.15) is 18.7 Å². The van der Waals surface area contributed by atoms with Crippen molar-refractivity contribution in [3.63, 3.8) is 0 Å². The predicted octanol–water partition coefficient (Wildman–Crippen LogP) is 5.51. The molecule has 0 aliphatic heterocycles. The predicted molar refractivity (Wildman–Crippen MR) is 101 cm³/mol. The second kappa shape index (κ2) is 9.51. The average Bonchev–Trinajstić information content (AvgIpc) is 2.70. The molecule has 156 valence electrons. The quantitative estimate of drug-likeness (QED) is 0.484. The molecule has 2 aromatic rings. The first-order valence-electron chi connectivity index (χ1n) is 8.30. The summed E-state index contributed by atoms with van der Waals surface area (Å²) in [5, 5.41) is 4.13. The van der Waals surface area contributed by atoms with Gasteiger partial charge in [0.15, 0.2) is 5.75 Å². The van der Waals surface area contributed by atoms with E-state index in [1.807, 2.05) is 5.48 Å². The van der Waals surface area contributed by atoms with Gasteiger partial charge in [-0.1, -0.05) is 41.0 Å². The molecule has 10 heteroatoms. The van der Waals surface area contributed by atoms with Gasteiger partial charge in [-0.25, -0.2) is 4.79 Å². The number of hydrogen-bond donors (Lipinski definition) is 1. The van der Waals surface area contributed by atoms with E-state index in [0.29, 0.717) is 11.3 Å². The fourth-order valence-electron chi connectivity index (χ4n) is 2.32. The van der Waals surface area contributed by atoms with Crippen LogP contribution < -0.4 is 10.3 Å². The molecule has 2 aromatic carbocycles. The summed E-state index contributed by atoms with van der Waals surface area (Å²) in [6.07, 6.45) is -6.26. The highest BCUT2D eigenvalue weighted by atomic mass is 35.5. The van der Waals surface area contributed by atoms with E-state index in [0.717, 1.165) is 6.07 Å². The first-order valence-corrected chi connectivity index (χ1v) is 8.68. The number of oxime groups is 1. The summed E-state index contributed by atoms with van der Waals surface area (Å²) in [7, 11) is 1.17. The van der Waals surface area contributed by atoms with E-state index >= 15 is 0 Å². The molecular weight excluding hydrogens is 413 g/mol. The maximum atomic E-state index is 13.2. The van der Waals surface area contributed by atoms with Crippen LogP contribution in [-0.4, -0.2) is 18.9 Å². The number of alkyl halides is 3. The smallest absolute Gasteiger partial charge is 0.440 e. The molecule has 0 saturated heterocycles. The Kier molecular flexibility index (Phi) is 7.33. The van der Waals surface area contributed by atoms with Crippen LogP contribution in [0.5, 0.6) is 5.75 Å². The summed E-state index contributed by atoms with van der Waals surface area (Å²) in [5.41, 5.74) is 2.10. The molecule has 6 nitrogen and oxygen atoms in total. The zero-order chi connectivity index (χ0) is 21.6. The van der Waals surface area contributed by atoms with Crippen LogP contribution in [-0.2, 0) is 15.8 Å². The zero-order valence-corrected chi connectivity index (χ0v) is 16.5. The molecule has 0 fully saturated rings. The van der Waals surface area contributed by atoms with E-state index in [2.05, 4.69) is 9.89 Å². The standard InChI is InChI=1S/C19H18ClF3N2O4/c1-11(13-8-9-16(20)17(10-13)29-25-18(26)27-3)24-28-12(2)14-6-4-5-7-15(14)19(21,22)23/h4-10,12H,1-3H3,(H,25,26). The van der Waals surface area contributed by atoms with Crippen molar-refractivity contribution < 1.29 is 32.4 Å². The van der Waals surface area contributed by atoms with Gasteiger partial charge in [-0.3, -0.25) is 0 Å². The third-order valence-corrected chi connectivity index (χ3v) is 4.14. The number of hydroxylamine groups is 1. The van der Waals surface area contributed by atoms with Crippen molar-refractivity contribution in [2.24, 2.45) is 5.16 Å². The van der Waals surface area contributed by atoms with Gasteiger partial charge in [0.1, 0.15) is 6.10 Å². The van der Waals surface area contributed by atoms with Crippen molar-refractivity contribution >= 4 is 23.4 Å². The maximum Gasteiger partial charge on any atom is 0.440 e. The molecule has 0 spiro atoms. The lowest BCUT2D eigenvalue weighted by atomic mass is 10.0. The first kappa shape index (κ1) is 22.4. The average molecular weight is 431 g/mol. The number of hydrogen-bond acceptors (Lipinski definition) is 5. The summed E-state index contributed by atoms with van der Waals surface area (Å²) < 4.78 is 43.8. The number of nitrogens with zero attached hydrogens (tertiary/aromatic N) is 1. The van der Waals surface area contributed by atoms with Gasteiger partial charge in [0.05, 0.1) is 23.4 Å². The molecular formula is C19H18ClF3N2O4. The second-order valence-corrected chi connectivity index (χ2v) is 6.26. The molecule has 0 heterocycles. The Labute approximate surface area is 170 Å². The number of carbonyl (C=O) groups excluding carboxylic acids is 1. The van der Waals surface area contributed by atoms with Crippen LogP contribution in [0.1, 0.15) is 36.6 Å². The van der Waals surface area contributed by atoms with Gasteiger partial charge in [0.2, 0.25) is 0 Å². The van der Waals surface area contributed by atoms with Crippen LogP contribution in [0.3, 0.4) is 0 Å². The number of rotatable bonds is 6. The maximum absolute atomic E-state index is 13.2. The highest BCUT2D eigenvalue weighted by Gasteiger charge is 2.34. The molecule has 0 saturated carbocycles. The Bertz CT molecular complexity index is 903. The first-order chi connectivity index (χ1) is 13.6. The zero-order valence-electron chi connectivity index (χ0n) is 15.7. The highest BCUT2D eigenvalue weighted by Crippen LogP contribution is 2.35. The number of methoxy groups -OCH3 is 1. The minimum atomic E-state index is -4.50. The second-order valence-electron chi connectivity index (χ2n) is 5.85. The van der Waals surface area contributed by atoms with E-state index in [9.17, 15) is 18.0 Å². The monoisotopic (exact) mass is 430 g/mol. The summed E-state index contributed by atoms with van der Waals surface area (Å²) >= 11 is 6.00. The van der Waals surface area contributed by atoms with Crippen molar-refractivity contribution in [1.29, 1.82) is 0 Å². The van der Waals surface area contributed by atoms with Gasteiger partial charge in [-0.15, -0.1) is 0 Å². The lowest BCUT2D eigenvalue weighted by molar-refractivity contribution is -0.139. The van der Waals surface area contributed by atoms with E-state index in [1.54, 1.807) is 13.0 Å². The van der Waals surface area contributed by atoms with Crippen LogP contribution in [0.4, 0.5) is 18.0 Å². The molecule has 1 atom stereocenters. The summed E-state index contributed by atoms with van der Waals surface area (Å²) in [6.45, 7) is 3.07. The fraction of sp³-hybridized carbons (Fsp3) is 0.263. The van der Waals surface area contributed by atoms with Crippen molar-refractivity contribution in [2.75, 3.05) is 7.11 Å². The molecule has 1 amide bonds. The van der Waals surface area contributed by atoms with Gasteiger partial charge in [0.25, 0.3) is 0 Å². The minimum Gasteiger partial charge on any atom is -0.451 e. The lowest BCUT2D eigenvalue weighted by Crippen LogP contribution is -2.26. The van der Waals surface area contributed by atoms with Crippen molar-refractivity contribution in [1.82, 2.24) is 5.48 Å². The summed E-state index contributed by atoms with van der Waals surface area (Å²) in [6, 6.07) is 9.74. The number of ether oxygens (including phenoxy) is 1. The molecule has 0 aliphatic carbocycles. The molecule has 0 aliphatic rings. The Balaban J connectivity index is 2.17.